The molecule has 0 aliphatic heterocycles. The second kappa shape index (κ2) is 7.92. The Kier molecular flexibility index (Phi) is 6.43. The number of hydrogen-bond acceptors (Lipinski definition) is 4. The van der Waals surface area contributed by atoms with Crippen molar-refractivity contribution < 1.29 is 14.6 Å². The van der Waals surface area contributed by atoms with Gasteiger partial charge in [-0.15, -0.1) is 0 Å². The molecule has 0 bridgehead atoms. The third-order valence-corrected chi connectivity index (χ3v) is 2.57. The summed E-state index contributed by atoms with van der Waals surface area (Å²) >= 11 is 0. The maximum absolute atomic E-state index is 9.00. The topological polar surface area (TPSA) is 50.7 Å². The Morgan fingerprint density at radius 2 is 2.00 bits per heavy atom. The van der Waals surface area contributed by atoms with E-state index in [-0.39, 0.29) is 12.6 Å². The molecule has 0 aliphatic carbocycles. The molecule has 1 aromatic rings. The zero-order valence-corrected chi connectivity index (χ0v) is 10.5. The molecule has 0 fully saturated rings. The molecule has 1 aromatic carbocycles. The van der Waals surface area contributed by atoms with Gasteiger partial charge < -0.3 is 19.9 Å². The van der Waals surface area contributed by atoms with Gasteiger partial charge in [0.1, 0.15) is 6.61 Å². The first-order valence-corrected chi connectivity index (χ1v) is 5.91. The van der Waals surface area contributed by atoms with Crippen molar-refractivity contribution in [3.05, 3.63) is 24.3 Å². The Bertz CT molecular complexity index is 313. The number of nitrogens with one attached hydrogen (secondary N) is 1. The van der Waals surface area contributed by atoms with Gasteiger partial charge in [-0.2, -0.15) is 0 Å². The molecule has 4 heteroatoms. The van der Waals surface area contributed by atoms with E-state index in [0.717, 1.165) is 17.9 Å². The quantitative estimate of drug-likeness (QED) is 0.674. The Morgan fingerprint density at radius 1 is 1.29 bits per heavy atom. The summed E-state index contributed by atoms with van der Waals surface area (Å²) in [5.74, 6) is 1.48. The molecular formula is C13H21NO3. The Labute approximate surface area is 103 Å². The van der Waals surface area contributed by atoms with Crippen LogP contribution in [0.4, 0.5) is 0 Å². The van der Waals surface area contributed by atoms with Crippen LogP contribution in [0.25, 0.3) is 0 Å². The van der Waals surface area contributed by atoms with Gasteiger partial charge >= 0.3 is 0 Å². The number of aliphatic hydroxyl groups excluding tert-OH is 1. The zero-order valence-electron chi connectivity index (χ0n) is 10.5. The van der Waals surface area contributed by atoms with Gasteiger partial charge in [0.2, 0.25) is 0 Å². The van der Waals surface area contributed by atoms with Crippen LogP contribution in [0.1, 0.15) is 13.3 Å². The van der Waals surface area contributed by atoms with Gasteiger partial charge in [-0.1, -0.05) is 19.1 Å². The van der Waals surface area contributed by atoms with E-state index < -0.39 is 0 Å². The minimum absolute atomic E-state index is 0.149. The maximum atomic E-state index is 9.00. The minimum atomic E-state index is 0.149. The molecular weight excluding hydrogens is 218 g/mol. The number of benzene rings is 1. The van der Waals surface area contributed by atoms with Crippen molar-refractivity contribution in [1.82, 2.24) is 5.32 Å². The summed E-state index contributed by atoms with van der Waals surface area (Å²) in [5, 5.41) is 12.2. The average Bonchev–Trinajstić information content (AvgIpc) is 2.39. The van der Waals surface area contributed by atoms with E-state index in [1.807, 2.05) is 31.2 Å². The SMILES string of the molecule is CCC(CO)NCCOc1ccccc1OC. The van der Waals surface area contributed by atoms with E-state index in [2.05, 4.69) is 5.32 Å². The number of aliphatic hydroxyl groups is 1. The van der Waals surface area contributed by atoms with Crippen LogP contribution < -0.4 is 14.8 Å². The summed E-state index contributed by atoms with van der Waals surface area (Å²) in [7, 11) is 1.62. The predicted molar refractivity (Wildman–Crippen MR) is 67.7 cm³/mol. The molecule has 0 aromatic heterocycles. The average molecular weight is 239 g/mol. The number of para-hydroxylation sites is 2. The van der Waals surface area contributed by atoms with Crippen LogP contribution in [0.3, 0.4) is 0 Å². The largest absolute Gasteiger partial charge is 0.493 e. The molecule has 0 amide bonds. The van der Waals surface area contributed by atoms with Crippen LogP contribution in [0.5, 0.6) is 11.5 Å². The summed E-state index contributed by atoms with van der Waals surface area (Å²) in [5.41, 5.74) is 0. The van der Waals surface area contributed by atoms with Crippen LogP contribution in [0.2, 0.25) is 0 Å². The molecule has 4 nitrogen and oxygen atoms in total. The highest BCUT2D eigenvalue weighted by Crippen LogP contribution is 2.25. The van der Waals surface area contributed by atoms with Crippen LogP contribution >= 0.6 is 0 Å². The molecule has 0 spiro atoms. The van der Waals surface area contributed by atoms with Crippen molar-refractivity contribution in [3.63, 3.8) is 0 Å². The number of ether oxygens (including phenoxy) is 2. The first-order chi connectivity index (χ1) is 8.31. The minimum Gasteiger partial charge on any atom is -0.493 e. The predicted octanol–water partition coefficient (Wildman–Crippen LogP) is 1.43. The Balaban J connectivity index is 2.30. The molecule has 0 aliphatic rings. The summed E-state index contributed by atoms with van der Waals surface area (Å²) in [4.78, 5) is 0. The molecule has 0 saturated carbocycles. The van der Waals surface area contributed by atoms with Crippen molar-refractivity contribution in [3.8, 4) is 11.5 Å². The lowest BCUT2D eigenvalue weighted by molar-refractivity contribution is 0.226. The highest BCUT2D eigenvalue weighted by molar-refractivity contribution is 5.39. The molecule has 1 unspecified atom stereocenters. The Hall–Kier alpha value is -1.26. The molecule has 0 radical (unpaired) electrons. The highest BCUT2D eigenvalue weighted by Gasteiger charge is 2.04. The van der Waals surface area contributed by atoms with Crippen LogP contribution in [0.15, 0.2) is 24.3 Å². The van der Waals surface area contributed by atoms with Crippen molar-refractivity contribution in [2.75, 3.05) is 26.9 Å². The number of rotatable bonds is 8. The fourth-order valence-electron chi connectivity index (χ4n) is 1.50. The van der Waals surface area contributed by atoms with E-state index in [1.54, 1.807) is 7.11 Å². The lowest BCUT2D eigenvalue weighted by Gasteiger charge is -2.15. The van der Waals surface area contributed by atoms with Crippen LogP contribution in [-0.2, 0) is 0 Å². The lowest BCUT2D eigenvalue weighted by Crippen LogP contribution is -2.34. The normalized spacial score (nSPS) is 12.2. The molecule has 0 heterocycles. The fraction of sp³-hybridized carbons (Fsp3) is 0.538. The summed E-state index contributed by atoms with van der Waals surface area (Å²) < 4.78 is 10.8. The molecule has 96 valence electrons. The first kappa shape index (κ1) is 13.8. The van der Waals surface area contributed by atoms with Crippen molar-refractivity contribution in [1.29, 1.82) is 0 Å². The van der Waals surface area contributed by atoms with Crippen molar-refractivity contribution in [2.24, 2.45) is 0 Å². The monoisotopic (exact) mass is 239 g/mol. The van der Waals surface area contributed by atoms with Gasteiger partial charge in [0.05, 0.1) is 13.7 Å². The second-order valence-electron chi connectivity index (χ2n) is 3.74. The second-order valence-corrected chi connectivity index (χ2v) is 3.74. The van der Waals surface area contributed by atoms with Crippen LogP contribution in [0, 0.1) is 0 Å². The molecule has 2 N–H and O–H groups in total. The molecule has 0 saturated heterocycles. The van der Waals surface area contributed by atoms with Crippen LogP contribution in [-0.4, -0.2) is 38.0 Å². The third-order valence-electron chi connectivity index (χ3n) is 2.57. The van der Waals surface area contributed by atoms with Crippen molar-refractivity contribution >= 4 is 0 Å². The summed E-state index contributed by atoms with van der Waals surface area (Å²) in [6.45, 7) is 3.45. The van der Waals surface area contributed by atoms with Gasteiger partial charge in [0, 0.05) is 12.6 Å². The smallest absolute Gasteiger partial charge is 0.161 e. The highest BCUT2D eigenvalue weighted by atomic mass is 16.5. The third kappa shape index (κ3) is 4.63. The van der Waals surface area contributed by atoms with E-state index in [1.165, 1.54) is 0 Å². The van der Waals surface area contributed by atoms with E-state index >= 15 is 0 Å². The van der Waals surface area contributed by atoms with Gasteiger partial charge in [-0.3, -0.25) is 0 Å². The lowest BCUT2D eigenvalue weighted by atomic mass is 10.2. The van der Waals surface area contributed by atoms with Gasteiger partial charge in [-0.05, 0) is 18.6 Å². The van der Waals surface area contributed by atoms with E-state index in [0.29, 0.717) is 13.2 Å². The molecule has 1 rings (SSSR count). The number of hydrogen-bond donors (Lipinski definition) is 2. The summed E-state index contributed by atoms with van der Waals surface area (Å²) in [6.07, 6.45) is 0.908. The molecule has 1 atom stereocenters. The fourth-order valence-corrected chi connectivity index (χ4v) is 1.50. The van der Waals surface area contributed by atoms with Crippen molar-refractivity contribution in [2.45, 2.75) is 19.4 Å². The van der Waals surface area contributed by atoms with Gasteiger partial charge in [0.25, 0.3) is 0 Å². The zero-order chi connectivity index (χ0) is 12.5. The summed E-state index contributed by atoms with van der Waals surface area (Å²) in [6, 6.07) is 7.71. The number of methoxy groups -OCH3 is 1. The Morgan fingerprint density at radius 3 is 2.59 bits per heavy atom. The molecule has 17 heavy (non-hydrogen) atoms. The first-order valence-electron chi connectivity index (χ1n) is 5.91. The van der Waals surface area contributed by atoms with Gasteiger partial charge in [-0.25, -0.2) is 0 Å². The van der Waals surface area contributed by atoms with E-state index in [4.69, 9.17) is 14.6 Å². The maximum Gasteiger partial charge on any atom is 0.161 e. The van der Waals surface area contributed by atoms with Gasteiger partial charge in [0.15, 0.2) is 11.5 Å². The standard InChI is InChI=1S/C13H21NO3/c1-3-11(10-15)14-8-9-17-13-7-5-4-6-12(13)16-2/h4-7,11,14-15H,3,8-10H2,1-2H3. The van der Waals surface area contributed by atoms with E-state index in [9.17, 15) is 0 Å².